The number of unbranched alkanes of at least 4 members (excludes halogenated alkanes) is 1. The highest BCUT2D eigenvalue weighted by Crippen LogP contribution is 2.33. The Balaban J connectivity index is 1.78. The predicted octanol–water partition coefficient (Wildman–Crippen LogP) is 5.33. The van der Waals surface area contributed by atoms with Crippen LogP contribution in [0.25, 0.3) is 0 Å². The van der Waals surface area contributed by atoms with Crippen molar-refractivity contribution in [3.8, 4) is 0 Å². The molecule has 25 heavy (non-hydrogen) atoms. The first kappa shape index (κ1) is 19.9. The van der Waals surface area contributed by atoms with Gasteiger partial charge in [-0.05, 0) is 43.7 Å². The number of carbonyl (C=O) groups excluding carboxylic acids is 1. The van der Waals surface area contributed by atoms with Crippen molar-refractivity contribution in [3.05, 3.63) is 48.2 Å². The molecule has 0 aliphatic heterocycles. The van der Waals surface area contributed by atoms with Crippen LogP contribution in [0, 0.1) is 12.0 Å². The highest BCUT2D eigenvalue weighted by Gasteiger charge is 2.25. The molecule has 1 aliphatic rings. The van der Waals surface area contributed by atoms with E-state index in [0.29, 0.717) is 5.56 Å². The summed E-state index contributed by atoms with van der Waals surface area (Å²) in [7, 11) is -1.60. The summed E-state index contributed by atoms with van der Waals surface area (Å²) < 4.78 is 0. The predicted molar refractivity (Wildman–Crippen MR) is 105 cm³/mol. The van der Waals surface area contributed by atoms with E-state index >= 15 is 0 Å². The standard InChI is InChI=1S/C21H31O3Si/c1-5-7-8-17-9-13-19(14-10-17)23-24-21(22)18-11-15-20(16-12-18)25(3,4)6-2/h6,11-12,15-17H,2,5,7-10,13-14H2,1,3-4H3. The van der Waals surface area contributed by atoms with Gasteiger partial charge in [-0.15, -0.1) is 6.58 Å². The number of benzene rings is 1. The molecule has 0 heterocycles. The first-order chi connectivity index (χ1) is 12.0. The minimum absolute atomic E-state index is 0.426. The molecule has 2 rings (SSSR count). The fraction of sp³-hybridized carbons (Fsp3) is 0.524. The monoisotopic (exact) mass is 359 g/mol. The number of hydrogen-bond donors (Lipinski definition) is 0. The van der Waals surface area contributed by atoms with E-state index in [9.17, 15) is 4.79 Å². The minimum atomic E-state index is -1.60. The SMILES string of the molecule is C=C[Si](C)(C)c1ccc(C(=O)OO[C]2CCC(CCCC)CC2)cc1. The molecular formula is C21H31O3Si. The van der Waals surface area contributed by atoms with Crippen molar-refractivity contribution < 1.29 is 14.6 Å². The molecule has 0 unspecified atom stereocenters. The fourth-order valence-electron chi connectivity index (χ4n) is 3.16. The maximum atomic E-state index is 12.2. The van der Waals surface area contributed by atoms with Crippen LogP contribution in [0.5, 0.6) is 0 Å². The van der Waals surface area contributed by atoms with E-state index in [1.807, 2.05) is 30.0 Å². The summed E-state index contributed by atoms with van der Waals surface area (Å²) in [6, 6.07) is 7.62. The summed E-state index contributed by atoms with van der Waals surface area (Å²) in [5.74, 6) is 0.373. The van der Waals surface area contributed by atoms with Crippen molar-refractivity contribution in [1.82, 2.24) is 0 Å². The van der Waals surface area contributed by atoms with Crippen LogP contribution in [-0.4, -0.2) is 14.0 Å². The van der Waals surface area contributed by atoms with Gasteiger partial charge in [-0.1, -0.05) is 62.3 Å². The molecule has 1 fully saturated rings. The molecule has 3 nitrogen and oxygen atoms in total. The molecular weight excluding hydrogens is 328 g/mol. The Morgan fingerprint density at radius 2 is 1.88 bits per heavy atom. The van der Waals surface area contributed by atoms with E-state index in [2.05, 4.69) is 26.6 Å². The topological polar surface area (TPSA) is 35.5 Å². The van der Waals surface area contributed by atoms with E-state index < -0.39 is 14.0 Å². The second-order valence-electron chi connectivity index (χ2n) is 7.58. The van der Waals surface area contributed by atoms with Crippen LogP contribution in [0.2, 0.25) is 13.1 Å². The van der Waals surface area contributed by atoms with Crippen LogP contribution in [0.15, 0.2) is 36.5 Å². The van der Waals surface area contributed by atoms with Gasteiger partial charge in [0.1, 0.15) is 14.2 Å². The lowest BCUT2D eigenvalue weighted by Gasteiger charge is -2.26. The molecule has 0 N–H and O–H groups in total. The van der Waals surface area contributed by atoms with Gasteiger partial charge in [-0.2, -0.15) is 4.89 Å². The maximum Gasteiger partial charge on any atom is 0.373 e. The van der Waals surface area contributed by atoms with Crippen molar-refractivity contribution in [1.29, 1.82) is 0 Å². The molecule has 0 spiro atoms. The molecule has 0 saturated heterocycles. The molecule has 0 aromatic heterocycles. The molecule has 1 aliphatic carbocycles. The second kappa shape index (κ2) is 9.34. The van der Waals surface area contributed by atoms with E-state index in [0.717, 1.165) is 37.7 Å². The van der Waals surface area contributed by atoms with Gasteiger partial charge in [0.05, 0.1) is 5.56 Å². The Morgan fingerprint density at radius 3 is 2.44 bits per heavy atom. The van der Waals surface area contributed by atoms with E-state index in [1.54, 1.807) is 0 Å². The third kappa shape index (κ3) is 5.82. The first-order valence-electron chi connectivity index (χ1n) is 9.44. The van der Waals surface area contributed by atoms with E-state index in [1.165, 1.54) is 24.4 Å². The summed E-state index contributed by atoms with van der Waals surface area (Å²) in [4.78, 5) is 22.5. The Morgan fingerprint density at radius 1 is 1.24 bits per heavy atom. The van der Waals surface area contributed by atoms with Crippen LogP contribution in [0.1, 0.15) is 62.2 Å². The number of hydrogen-bond acceptors (Lipinski definition) is 3. The summed E-state index contributed by atoms with van der Waals surface area (Å²) in [6.45, 7) is 10.6. The van der Waals surface area contributed by atoms with Crippen molar-refractivity contribution in [2.75, 3.05) is 0 Å². The van der Waals surface area contributed by atoms with E-state index in [-0.39, 0.29) is 0 Å². The zero-order chi connectivity index (χ0) is 18.3. The lowest BCUT2D eigenvalue weighted by Crippen LogP contribution is -2.39. The van der Waals surface area contributed by atoms with Crippen LogP contribution in [-0.2, 0) is 9.78 Å². The third-order valence-corrected chi connectivity index (χ3v) is 8.08. The average Bonchev–Trinajstić information content (AvgIpc) is 2.65. The third-order valence-electron chi connectivity index (χ3n) is 5.24. The van der Waals surface area contributed by atoms with Crippen LogP contribution >= 0.6 is 0 Å². The molecule has 137 valence electrons. The molecule has 0 amide bonds. The Kier molecular flexibility index (Phi) is 7.45. The number of carbonyl (C=O) groups is 1. The van der Waals surface area contributed by atoms with Crippen molar-refractivity contribution in [3.63, 3.8) is 0 Å². The van der Waals surface area contributed by atoms with Gasteiger partial charge in [0.2, 0.25) is 0 Å². The van der Waals surface area contributed by atoms with Crippen LogP contribution < -0.4 is 5.19 Å². The highest BCUT2D eigenvalue weighted by molar-refractivity contribution is 6.93. The Hall–Kier alpha value is -1.39. The molecule has 1 aromatic rings. The van der Waals surface area contributed by atoms with E-state index in [4.69, 9.17) is 9.78 Å². The molecule has 4 heteroatoms. The van der Waals surface area contributed by atoms with Gasteiger partial charge in [0.15, 0.2) is 0 Å². The normalized spacial score (nSPS) is 16.6. The minimum Gasteiger partial charge on any atom is -0.292 e. The average molecular weight is 360 g/mol. The second-order valence-corrected chi connectivity index (χ2v) is 12.0. The summed E-state index contributed by atoms with van der Waals surface area (Å²) in [5.41, 5.74) is 2.56. The molecule has 1 saturated carbocycles. The van der Waals surface area contributed by atoms with Crippen molar-refractivity contribution in [2.24, 2.45) is 5.92 Å². The Bertz CT molecular complexity index is 557. The molecule has 0 atom stereocenters. The Labute approximate surface area is 153 Å². The van der Waals surface area contributed by atoms with Gasteiger partial charge >= 0.3 is 5.97 Å². The highest BCUT2D eigenvalue weighted by atomic mass is 28.3. The summed E-state index contributed by atoms with van der Waals surface area (Å²) >= 11 is 0. The van der Waals surface area contributed by atoms with Crippen LogP contribution in [0.4, 0.5) is 0 Å². The largest absolute Gasteiger partial charge is 0.373 e. The zero-order valence-corrected chi connectivity index (χ0v) is 16.8. The van der Waals surface area contributed by atoms with Gasteiger partial charge < -0.3 is 0 Å². The lowest BCUT2D eigenvalue weighted by molar-refractivity contribution is -0.240. The van der Waals surface area contributed by atoms with Gasteiger partial charge in [-0.25, -0.2) is 4.79 Å². The lowest BCUT2D eigenvalue weighted by atomic mass is 9.84. The smallest absolute Gasteiger partial charge is 0.292 e. The summed E-state index contributed by atoms with van der Waals surface area (Å²) in [5, 5.41) is 1.25. The summed E-state index contributed by atoms with van der Waals surface area (Å²) in [6.07, 6.45) is 8.85. The van der Waals surface area contributed by atoms with Crippen molar-refractivity contribution >= 4 is 19.2 Å². The zero-order valence-electron chi connectivity index (χ0n) is 15.8. The number of rotatable bonds is 8. The molecule has 1 radical (unpaired) electrons. The quantitative estimate of drug-likeness (QED) is 0.357. The molecule has 0 bridgehead atoms. The van der Waals surface area contributed by atoms with Gasteiger partial charge in [-0.3, -0.25) is 4.89 Å². The van der Waals surface area contributed by atoms with Crippen molar-refractivity contribution in [2.45, 2.75) is 65.0 Å². The molecule has 1 aromatic carbocycles. The first-order valence-corrected chi connectivity index (χ1v) is 12.5. The maximum absolute atomic E-state index is 12.2. The van der Waals surface area contributed by atoms with Crippen LogP contribution in [0.3, 0.4) is 0 Å². The fourth-order valence-corrected chi connectivity index (χ4v) is 4.42. The van der Waals surface area contributed by atoms with Gasteiger partial charge in [0, 0.05) is 0 Å². The van der Waals surface area contributed by atoms with Gasteiger partial charge in [0.25, 0.3) is 0 Å².